The number of hydrogen-bond donors (Lipinski definition) is 2. The molecule has 1 aliphatic carbocycles. The van der Waals surface area contributed by atoms with Crippen LogP contribution in [0.2, 0.25) is 0 Å². The number of rotatable bonds is 4. The van der Waals surface area contributed by atoms with Gasteiger partial charge in [0.2, 0.25) is 0 Å². The molecule has 1 saturated carbocycles. The van der Waals surface area contributed by atoms with Crippen molar-refractivity contribution in [1.82, 2.24) is 0 Å². The molecule has 5 nitrogen and oxygen atoms in total. The van der Waals surface area contributed by atoms with Crippen LogP contribution in [0.1, 0.15) is 52.0 Å². The molecule has 0 aromatic heterocycles. The van der Waals surface area contributed by atoms with Gasteiger partial charge in [-0.1, -0.05) is 73.2 Å². The molecule has 0 saturated heterocycles. The minimum Gasteiger partial charge on any atom is -0.327 e. The summed E-state index contributed by atoms with van der Waals surface area (Å²) in [5.41, 5.74) is 12.6. The number of amides is 2. The molecule has 2 unspecified atom stereocenters. The molecule has 6 rings (SSSR count). The standard InChI is InChI=1S/C34H33N3O2/c35-31-15-8-20-34(31)21-22-37(30-14-7-4-11-26(30)23-34)33(39)25-16-18-27(19-17-25)36-32(38)29-13-6-5-12-28(29)24-9-2-1-3-10-24/h1-7,9-14,16-19,31H,8,15,20-23,35H2,(H,36,38). The summed E-state index contributed by atoms with van der Waals surface area (Å²) in [6, 6.07) is 33.1. The molecule has 1 fully saturated rings. The van der Waals surface area contributed by atoms with Crippen molar-refractivity contribution in [3.05, 3.63) is 120 Å². The molecule has 0 bridgehead atoms. The van der Waals surface area contributed by atoms with E-state index in [9.17, 15) is 9.59 Å². The van der Waals surface area contributed by atoms with Crippen molar-refractivity contribution in [3.8, 4) is 11.1 Å². The van der Waals surface area contributed by atoms with E-state index >= 15 is 0 Å². The van der Waals surface area contributed by atoms with E-state index in [0.717, 1.165) is 48.9 Å². The zero-order valence-electron chi connectivity index (χ0n) is 22.0. The van der Waals surface area contributed by atoms with Gasteiger partial charge >= 0.3 is 0 Å². The van der Waals surface area contributed by atoms with E-state index in [0.29, 0.717) is 23.4 Å². The third kappa shape index (κ3) is 4.86. The van der Waals surface area contributed by atoms with Gasteiger partial charge in [-0.3, -0.25) is 9.59 Å². The fourth-order valence-electron chi connectivity index (χ4n) is 6.35. The van der Waals surface area contributed by atoms with Crippen LogP contribution in [0.4, 0.5) is 11.4 Å². The van der Waals surface area contributed by atoms with E-state index in [2.05, 4.69) is 17.4 Å². The van der Waals surface area contributed by atoms with Crippen LogP contribution in [-0.2, 0) is 6.42 Å². The van der Waals surface area contributed by atoms with Gasteiger partial charge in [-0.15, -0.1) is 0 Å². The molecular formula is C34H33N3O2. The van der Waals surface area contributed by atoms with E-state index in [1.165, 1.54) is 5.56 Å². The number of nitrogens with zero attached hydrogens (tertiary/aromatic N) is 1. The summed E-state index contributed by atoms with van der Waals surface area (Å²) in [4.78, 5) is 28.9. The lowest BCUT2D eigenvalue weighted by atomic mass is 9.75. The molecule has 1 heterocycles. The van der Waals surface area contributed by atoms with Crippen LogP contribution in [0.3, 0.4) is 0 Å². The fourth-order valence-corrected chi connectivity index (χ4v) is 6.35. The van der Waals surface area contributed by atoms with Gasteiger partial charge in [-0.2, -0.15) is 0 Å². The maximum atomic E-state index is 13.8. The molecule has 2 aliphatic rings. The van der Waals surface area contributed by atoms with Gasteiger partial charge < -0.3 is 16.0 Å². The summed E-state index contributed by atoms with van der Waals surface area (Å²) >= 11 is 0. The lowest BCUT2D eigenvalue weighted by molar-refractivity contribution is 0.0982. The highest BCUT2D eigenvalue weighted by atomic mass is 16.2. The second-order valence-electron chi connectivity index (χ2n) is 10.8. The third-order valence-corrected chi connectivity index (χ3v) is 8.53. The Bertz CT molecular complexity index is 1500. The van der Waals surface area contributed by atoms with Crippen molar-refractivity contribution in [2.24, 2.45) is 11.1 Å². The number of anilines is 2. The molecule has 5 heteroatoms. The predicted molar refractivity (Wildman–Crippen MR) is 157 cm³/mol. The lowest BCUT2D eigenvalue weighted by Gasteiger charge is -2.32. The second kappa shape index (κ2) is 10.5. The first-order valence-electron chi connectivity index (χ1n) is 13.8. The number of carbonyl (C=O) groups is 2. The van der Waals surface area contributed by atoms with Crippen molar-refractivity contribution in [2.75, 3.05) is 16.8 Å². The first kappa shape index (κ1) is 25.1. The van der Waals surface area contributed by atoms with Gasteiger partial charge in [0.25, 0.3) is 11.8 Å². The van der Waals surface area contributed by atoms with E-state index in [4.69, 9.17) is 5.73 Å². The Morgan fingerprint density at radius 3 is 2.31 bits per heavy atom. The van der Waals surface area contributed by atoms with Crippen molar-refractivity contribution < 1.29 is 9.59 Å². The zero-order valence-corrected chi connectivity index (χ0v) is 22.0. The largest absolute Gasteiger partial charge is 0.327 e. The number of carbonyl (C=O) groups excluding carboxylic acids is 2. The monoisotopic (exact) mass is 515 g/mol. The lowest BCUT2D eigenvalue weighted by Crippen LogP contribution is -2.40. The Hall–Kier alpha value is -4.22. The summed E-state index contributed by atoms with van der Waals surface area (Å²) in [6.07, 6.45) is 5.15. The topological polar surface area (TPSA) is 75.4 Å². The van der Waals surface area contributed by atoms with Gasteiger partial charge in [0.1, 0.15) is 0 Å². The van der Waals surface area contributed by atoms with Crippen LogP contribution < -0.4 is 16.0 Å². The van der Waals surface area contributed by atoms with Crippen molar-refractivity contribution in [2.45, 2.75) is 38.1 Å². The van der Waals surface area contributed by atoms with Crippen LogP contribution >= 0.6 is 0 Å². The van der Waals surface area contributed by atoms with Crippen LogP contribution in [0.25, 0.3) is 11.1 Å². The highest BCUT2D eigenvalue weighted by Gasteiger charge is 2.43. The highest BCUT2D eigenvalue weighted by molar-refractivity contribution is 6.09. The Balaban J connectivity index is 1.21. The molecule has 2 amide bonds. The first-order valence-corrected chi connectivity index (χ1v) is 13.8. The summed E-state index contributed by atoms with van der Waals surface area (Å²) < 4.78 is 0. The Morgan fingerprint density at radius 2 is 1.54 bits per heavy atom. The number of benzene rings is 4. The van der Waals surface area contributed by atoms with E-state index in [1.54, 1.807) is 24.3 Å². The van der Waals surface area contributed by atoms with Gasteiger partial charge in [-0.05, 0) is 84.2 Å². The molecule has 39 heavy (non-hydrogen) atoms. The minimum atomic E-state index is -0.187. The zero-order chi connectivity index (χ0) is 26.8. The minimum absolute atomic E-state index is 0.0293. The van der Waals surface area contributed by atoms with Gasteiger partial charge in [-0.25, -0.2) is 0 Å². The van der Waals surface area contributed by atoms with Crippen molar-refractivity contribution >= 4 is 23.2 Å². The van der Waals surface area contributed by atoms with E-state index in [1.807, 2.05) is 71.6 Å². The molecule has 2 atom stereocenters. The second-order valence-corrected chi connectivity index (χ2v) is 10.8. The Morgan fingerprint density at radius 1 is 0.821 bits per heavy atom. The number of para-hydroxylation sites is 1. The molecule has 1 aliphatic heterocycles. The molecule has 196 valence electrons. The number of hydrogen-bond acceptors (Lipinski definition) is 3. The van der Waals surface area contributed by atoms with E-state index in [-0.39, 0.29) is 23.3 Å². The molecule has 0 radical (unpaired) electrons. The third-order valence-electron chi connectivity index (χ3n) is 8.53. The molecule has 4 aromatic rings. The van der Waals surface area contributed by atoms with Gasteiger partial charge in [0.15, 0.2) is 0 Å². The first-order chi connectivity index (χ1) is 19.0. The average molecular weight is 516 g/mol. The molecular weight excluding hydrogens is 482 g/mol. The number of nitrogens with two attached hydrogens (primary N) is 1. The highest BCUT2D eigenvalue weighted by Crippen LogP contribution is 2.46. The number of nitrogens with one attached hydrogen (secondary N) is 1. The summed E-state index contributed by atoms with van der Waals surface area (Å²) in [7, 11) is 0. The van der Waals surface area contributed by atoms with Gasteiger partial charge in [0.05, 0.1) is 0 Å². The Labute approximate surface area is 229 Å². The number of fused-ring (bicyclic) bond motifs is 1. The molecule has 3 N–H and O–H groups in total. The van der Waals surface area contributed by atoms with Crippen LogP contribution in [0.5, 0.6) is 0 Å². The van der Waals surface area contributed by atoms with E-state index < -0.39 is 0 Å². The summed E-state index contributed by atoms with van der Waals surface area (Å²) in [5, 5.41) is 3.00. The fraction of sp³-hybridized carbons (Fsp3) is 0.235. The van der Waals surface area contributed by atoms with Crippen LogP contribution in [-0.4, -0.2) is 24.4 Å². The smallest absolute Gasteiger partial charge is 0.258 e. The Kier molecular flexibility index (Phi) is 6.76. The normalized spacial score (nSPS) is 20.3. The quantitative estimate of drug-likeness (QED) is 0.318. The SMILES string of the molecule is NC1CCCC12CCN(C(=O)c1ccc(NC(=O)c3ccccc3-c3ccccc3)cc1)c1ccccc1C2. The van der Waals surface area contributed by atoms with Crippen LogP contribution in [0, 0.1) is 5.41 Å². The maximum absolute atomic E-state index is 13.8. The van der Waals surface area contributed by atoms with Gasteiger partial charge in [0, 0.05) is 35.1 Å². The summed E-state index contributed by atoms with van der Waals surface area (Å²) in [5.74, 6) is -0.216. The predicted octanol–water partition coefficient (Wildman–Crippen LogP) is 6.70. The van der Waals surface area contributed by atoms with Crippen molar-refractivity contribution in [3.63, 3.8) is 0 Å². The molecule has 1 spiro atoms. The maximum Gasteiger partial charge on any atom is 0.258 e. The molecule has 4 aromatic carbocycles. The summed E-state index contributed by atoms with van der Waals surface area (Å²) in [6.45, 7) is 0.651. The van der Waals surface area contributed by atoms with Crippen LogP contribution in [0.15, 0.2) is 103 Å². The van der Waals surface area contributed by atoms with Crippen molar-refractivity contribution in [1.29, 1.82) is 0 Å². The average Bonchev–Trinajstić information content (AvgIpc) is 3.23.